The summed E-state index contributed by atoms with van der Waals surface area (Å²) in [5.41, 5.74) is 0.196. The minimum absolute atomic E-state index is 0.00973. The first kappa shape index (κ1) is 17.7. The lowest BCUT2D eigenvalue weighted by molar-refractivity contribution is 0.0775. The minimum Gasteiger partial charge on any atom is -0.396 e. The molecule has 0 bridgehead atoms. The van der Waals surface area contributed by atoms with E-state index in [-0.39, 0.29) is 29.9 Å². The van der Waals surface area contributed by atoms with Gasteiger partial charge in [-0.15, -0.1) is 0 Å². The molecule has 1 heterocycles. The number of nitrogens with zero attached hydrogens (tertiary/aromatic N) is 1. The topological polar surface area (TPSA) is 52.6 Å². The van der Waals surface area contributed by atoms with Crippen LogP contribution in [0.5, 0.6) is 0 Å². The predicted molar refractivity (Wildman–Crippen MR) is 88.6 cm³/mol. The quantitative estimate of drug-likeness (QED) is 0.894. The summed E-state index contributed by atoms with van der Waals surface area (Å²) >= 11 is 0. The average molecular weight is 322 g/mol. The minimum atomic E-state index is -0.631. The molecule has 4 nitrogen and oxygen atoms in total. The molecule has 5 heteroatoms. The summed E-state index contributed by atoms with van der Waals surface area (Å²) in [6, 6.07) is 6.14. The third kappa shape index (κ3) is 3.66. The van der Waals surface area contributed by atoms with Gasteiger partial charge in [0.1, 0.15) is 5.82 Å². The monoisotopic (exact) mass is 322 g/mol. The van der Waals surface area contributed by atoms with Crippen molar-refractivity contribution >= 4 is 6.03 Å². The normalized spacial score (nSPS) is 23.6. The van der Waals surface area contributed by atoms with Gasteiger partial charge in [-0.3, -0.25) is 0 Å². The van der Waals surface area contributed by atoms with Crippen molar-refractivity contribution in [3.8, 4) is 0 Å². The number of aliphatic hydroxyl groups excluding tert-OH is 1. The summed E-state index contributed by atoms with van der Waals surface area (Å²) in [6.07, 6.45) is 1.10. The van der Waals surface area contributed by atoms with Gasteiger partial charge in [0.05, 0.1) is 5.54 Å². The fourth-order valence-electron chi connectivity index (χ4n) is 3.10. The Morgan fingerprint density at radius 3 is 2.43 bits per heavy atom. The molecule has 2 amide bonds. The zero-order valence-corrected chi connectivity index (χ0v) is 14.4. The van der Waals surface area contributed by atoms with Gasteiger partial charge >= 0.3 is 6.03 Å². The van der Waals surface area contributed by atoms with Gasteiger partial charge in [0.15, 0.2) is 0 Å². The number of hydrogen-bond donors (Lipinski definition) is 2. The zero-order valence-electron chi connectivity index (χ0n) is 14.4. The van der Waals surface area contributed by atoms with E-state index in [2.05, 4.69) is 33.0 Å². The number of benzene rings is 1. The van der Waals surface area contributed by atoms with E-state index in [4.69, 9.17) is 0 Å². The Labute approximate surface area is 137 Å². The van der Waals surface area contributed by atoms with Crippen LogP contribution in [0.1, 0.15) is 46.1 Å². The highest BCUT2D eigenvalue weighted by molar-refractivity contribution is 5.77. The van der Waals surface area contributed by atoms with Crippen LogP contribution in [0, 0.1) is 11.2 Å². The standard InChI is InChI=1S/C18H27FN2O2/c1-13(17(2,3)4)21-11-9-18(10-12-22,20-16(21)23)14-5-7-15(19)8-6-14/h5-8,13,22H,9-12H2,1-4H3,(H,20,23). The highest BCUT2D eigenvalue weighted by Gasteiger charge is 2.42. The molecule has 23 heavy (non-hydrogen) atoms. The number of carbonyl (C=O) groups excluding carboxylic acids is 1. The van der Waals surface area contributed by atoms with Crippen molar-refractivity contribution in [1.29, 1.82) is 0 Å². The van der Waals surface area contributed by atoms with Crippen molar-refractivity contribution in [2.24, 2.45) is 5.41 Å². The van der Waals surface area contributed by atoms with Crippen LogP contribution < -0.4 is 5.32 Å². The number of carbonyl (C=O) groups is 1. The van der Waals surface area contributed by atoms with Crippen LogP contribution in [-0.2, 0) is 5.54 Å². The first-order chi connectivity index (χ1) is 10.7. The van der Waals surface area contributed by atoms with Crippen LogP contribution >= 0.6 is 0 Å². The molecule has 1 aliphatic heterocycles. The van der Waals surface area contributed by atoms with Crippen molar-refractivity contribution in [2.75, 3.05) is 13.2 Å². The summed E-state index contributed by atoms with van der Waals surface area (Å²) in [5.74, 6) is -0.307. The third-order valence-corrected chi connectivity index (χ3v) is 5.04. The van der Waals surface area contributed by atoms with Crippen LogP contribution in [0.3, 0.4) is 0 Å². The smallest absolute Gasteiger partial charge is 0.318 e. The van der Waals surface area contributed by atoms with Crippen molar-refractivity contribution in [2.45, 2.75) is 52.1 Å². The SMILES string of the molecule is CC(N1CCC(CCO)(c2ccc(F)cc2)NC1=O)C(C)(C)C. The molecule has 2 unspecified atom stereocenters. The van der Waals surface area contributed by atoms with Gasteiger partial charge in [-0.1, -0.05) is 32.9 Å². The second-order valence-corrected chi connectivity index (χ2v) is 7.48. The number of aliphatic hydroxyl groups is 1. The maximum Gasteiger partial charge on any atom is 0.318 e. The van der Waals surface area contributed by atoms with Crippen LogP contribution in [0.2, 0.25) is 0 Å². The average Bonchev–Trinajstić information content (AvgIpc) is 2.46. The van der Waals surface area contributed by atoms with Crippen molar-refractivity contribution < 1.29 is 14.3 Å². The highest BCUT2D eigenvalue weighted by atomic mass is 19.1. The van der Waals surface area contributed by atoms with E-state index >= 15 is 0 Å². The lowest BCUT2D eigenvalue weighted by Gasteiger charge is -2.47. The van der Waals surface area contributed by atoms with Crippen LogP contribution in [0.15, 0.2) is 24.3 Å². The van der Waals surface area contributed by atoms with Crippen molar-refractivity contribution in [3.63, 3.8) is 0 Å². The molecule has 1 aromatic rings. The number of amides is 2. The Morgan fingerprint density at radius 2 is 1.96 bits per heavy atom. The van der Waals surface area contributed by atoms with Crippen LogP contribution in [0.4, 0.5) is 9.18 Å². The molecular weight excluding hydrogens is 295 g/mol. The lowest BCUT2D eigenvalue weighted by Crippen LogP contribution is -2.61. The molecule has 0 spiro atoms. The number of hydrogen-bond acceptors (Lipinski definition) is 2. The third-order valence-electron chi connectivity index (χ3n) is 5.04. The second kappa shape index (κ2) is 6.48. The largest absolute Gasteiger partial charge is 0.396 e. The van der Waals surface area contributed by atoms with E-state index < -0.39 is 5.54 Å². The first-order valence-corrected chi connectivity index (χ1v) is 8.15. The van der Waals surface area contributed by atoms with Gasteiger partial charge in [-0.05, 0) is 42.9 Å². The molecule has 0 saturated carbocycles. The van der Waals surface area contributed by atoms with Gasteiger partial charge < -0.3 is 15.3 Å². The molecule has 1 aliphatic rings. The van der Waals surface area contributed by atoms with Crippen LogP contribution in [0.25, 0.3) is 0 Å². The summed E-state index contributed by atoms with van der Waals surface area (Å²) < 4.78 is 13.2. The Morgan fingerprint density at radius 1 is 1.35 bits per heavy atom. The predicted octanol–water partition coefficient (Wildman–Crippen LogP) is 3.25. The number of rotatable bonds is 4. The van der Waals surface area contributed by atoms with E-state index in [0.29, 0.717) is 19.4 Å². The van der Waals surface area contributed by atoms with Crippen molar-refractivity contribution in [1.82, 2.24) is 10.2 Å². The van der Waals surface area contributed by atoms with Gasteiger partial charge in [-0.2, -0.15) is 0 Å². The van der Waals surface area contributed by atoms with E-state index in [1.165, 1.54) is 12.1 Å². The number of halogens is 1. The summed E-state index contributed by atoms with van der Waals surface area (Å²) in [7, 11) is 0. The molecular formula is C18H27FN2O2. The zero-order chi connectivity index (χ0) is 17.3. The molecule has 2 N–H and O–H groups in total. The fraction of sp³-hybridized carbons (Fsp3) is 0.611. The number of urea groups is 1. The van der Waals surface area contributed by atoms with E-state index in [9.17, 15) is 14.3 Å². The molecule has 128 valence electrons. The summed E-state index contributed by atoms with van der Waals surface area (Å²) in [5, 5.41) is 12.5. The van der Waals surface area contributed by atoms with Crippen LogP contribution in [-0.4, -0.2) is 35.2 Å². The van der Waals surface area contributed by atoms with E-state index in [1.807, 2.05) is 4.90 Å². The molecule has 1 aromatic carbocycles. The summed E-state index contributed by atoms with van der Waals surface area (Å²) in [6.45, 7) is 8.96. The lowest BCUT2D eigenvalue weighted by atomic mass is 9.80. The van der Waals surface area contributed by atoms with E-state index in [1.54, 1.807) is 12.1 Å². The molecule has 0 radical (unpaired) electrons. The van der Waals surface area contributed by atoms with Gasteiger partial charge in [0, 0.05) is 19.2 Å². The highest BCUT2D eigenvalue weighted by Crippen LogP contribution is 2.35. The Balaban J connectivity index is 2.25. The maximum atomic E-state index is 13.2. The molecule has 1 saturated heterocycles. The van der Waals surface area contributed by atoms with Crippen molar-refractivity contribution in [3.05, 3.63) is 35.6 Å². The molecule has 2 atom stereocenters. The molecule has 1 fully saturated rings. The Kier molecular flexibility index (Phi) is 4.99. The van der Waals surface area contributed by atoms with Gasteiger partial charge in [0.25, 0.3) is 0 Å². The second-order valence-electron chi connectivity index (χ2n) is 7.48. The Hall–Kier alpha value is -1.62. The number of nitrogens with one attached hydrogen (secondary N) is 1. The summed E-state index contributed by atoms with van der Waals surface area (Å²) in [4.78, 5) is 14.5. The molecule has 2 rings (SSSR count). The van der Waals surface area contributed by atoms with Gasteiger partial charge in [-0.25, -0.2) is 9.18 Å². The van der Waals surface area contributed by atoms with Gasteiger partial charge in [0.2, 0.25) is 0 Å². The maximum absolute atomic E-state index is 13.2. The molecule has 0 aromatic heterocycles. The Bertz CT molecular complexity index is 553. The molecule has 0 aliphatic carbocycles. The fourth-order valence-corrected chi connectivity index (χ4v) is 3.10. The first-order valence-electron chi connectivity index (χ1n) is 8.15. The van der Waals surface area contributed by atoms with E-state index in [0.717, 1.165) is 5.56 Å².